The number of pyridine rings is 1. The number of thioether (sulfide) groups is 1. The largest absolute Gasteiger partial charge is 0.355 e. The fourth-order valence-corrected chi connectivity index (χ4v) is 4.66. The summed E-state index contributed by atoms with van der Waals surface area (Å²) in [5.74, 6) is 3.51. The average Bonchev–Trinajstić information content (AvgIpc) is 3.10. The molecule has 1 saturated carbocycles. The van der Waals surface area contributed by atoms with E-state index in [4.69, 9.17) is 11.6 Å². The lowest BCUT2D eigenvalue weighted by Gasteiger charge is -2.19. The second kappa shape index (κ2) is 6.36. The Morgan fingerprint density at radius 2 is 2.17 bits per heavy atom. The van der Waals surface area contributed by atoms with Crippen LogP contribution in [0, 0.1) is 12.8 Å². The lowest BCUT2D eigenvalue weighted by molar-refractivity contribution is 0.814. The van der Waals surface area contributed by atoms with Crippen molar-refractivity contribution in [3.05, 3.63) is 35.2 Å². The Labute approximate surface area is 146 Å². The zero-order chi connectivity index (χ0) is 15.8. The monoisotopic (exact) mass is 348 g/mol. The molecule has 1 unspecified atom stereocenters. The van der Waals surface area contributed by atoms with Crippen molar-refractivity contribution in [2.24, 2.45) is 5.92 Å². The normalized spacial score (nSPS) is 21.1. The van der Waals surface area contributed by atoms with Crippen molar-refractivity contribution in [2.45, 2.75) is 31.4 Å². The first-order valence-electron chi connectivity index (χ1n) is 8.24. The van der Waals surface area contributed by atoms with Gasteiger partial charge in [0.05, 0.1) is 11.4 Å². The Balaban J connectivity index is 1.52. The minimum atomic E-state index is 0.501. The number of halogens is 1. The van der Waals surface area contributed by atoms with Crippen molar-refractivity contribution in [3.63, 3.8) is 0 Å². The Kier molecular flexibility index (Phi) is 4.24. The highest BCUT2D eigenvalue weighted by Crippen LogP contribution is 2.36. The van der Waals surface area contributed by atoms with Crippen molar-refractivity contribution in [2.75, 3.05) is 23.7 Å². The fourth-order valence-electron chi connectivity index (χ4n) is 3.05. The summed E-state index contributed by atoms with van der Waals surface area (Å²) in [7, 11) is 0. The molecule has 4 nitrogen and oxygen atoms in total. The van der Waals surface area contributed by atoms with Gasteiger partial charge in [0.25, 0.3) is 0 Å². The van der Waals surface area contributed by atoms with Gasteiger partial charge in [-0.05, 0) is 43.9 Å². The van der Waals surface area contributed by atoms with Crippen molar-refractivity contribution >= 4 is 29.2 Å². The van der Waals surface area contributed by atoms with Crippen LogP contribution in [0.25, 0.3) is 5.69 Å². The second-order valence-electron chi connectivity index (χ2n) is 6.53. The van der Waals surface area contributed by atoms with Gasteiger partial charge in [0.1, 0.15) is 11.0 Å². The molecule has 0 bridgehead atoms. The van der Waals surface area contributed by atoms with Crippen LogP contribution in [0.2, 0.25) is 5.15 Å². The Bertz CT molecular complexity index is 698. The van der Waals surface area contributed by atoms with Gasteiger partial charge in [-0.3, -0.25) is 0 Å². The number of aromatic nitrogens is 3. The van der Waals surface area contributed by atoms with Crippen LogP contribution in [0.1, 0.15) is 25.0 Å². The van der Waals surface area contributed by atoms with E-state index in [-0.39, 0.29) is 0 Å². The molecule has 0 radical (unpaired) electrons. The van der Waals surface area contributed by atoms with E-state index in [0.29, 0.717) is 5.15 Å². The third kappa shape index (κ3) is 3.50. The van der Waals surface area contributed by atoms with E-state index < -0.39 is 0 Å². The topological polar surface area (TPSA) is 34.0 Å². The molecule has 3 heterocycles. The first-order chi connectivity index (χ1) is 11.2. The molecule has 23 heavy (non-hydrogen) atoms. The van der Waals surface area contributed by atoms with Crippen molar-refractivity contribution in [3.8, 4) is 5.69 Å². The molecule has 1 saturated heterocycles. The van der Waals surface area contributed by atoms with Crippen molar-refractivity contribution < 1.29 is 0 Å². The lowest BCUT2D eigenvalue weighted by atomic mass is 10.4. The van der Waals surface area contributed by atoms with E-state index in [1.54, 1.807) is 6.20 Å². The molecule has 1 atom stereocenters. The Morgan fingerprint density at radius 3 is 2.96 bits per heavy atom. The molecule has 2 aliphatic rings. The maximum atomic E-state index is 6.04. The molecule has 1 aliphatic carbocycles. The zero-order valence-corrected chi connectivity index (χ0v) is 14.9. The molecule has 0 amide bonds. The molecule has 2 aromatic rings. The maximum Gasteiger partial charge on any atom is 0.132 e. The van der Waals surface area contributed by atoms with Gasteiger partial charge in [0.15, 0.2) is 0 Å². The lowest BCUT2D eigenvalue weighted by Crippen LogP contribution is -2.23. The van der Waals surface area contributed by atoms with Crippen molar-refractivity contribution in [1.82, 2.24) is 14.8 Å². The van der Waals surface area contributed by atoms with E-state index >= 15 is 0 Å². The fraction of sp³-hybridized carbons (Fsp3) is 0.529. The SMILES string of the molecule is Cc1cc(N2CCC(SCC3CC3)C2)n(-c2ccnc(Cl)c2)n1. The van der Waals surface area contributed by atoms with Gasteiger partial charge in [-0.1, -0.05) is 11.6 Å². The van der Waals surface area contributed by atoms with Crippen molar-refractivity contribution in [1.29, 1.82) is 0 Å². The molecule has 4 rings (SSSR count). The quantitative estimate of drug-likeness (QED) is 0.766. The van der Waals surface area contributed by atoms with Gasteiger partial charge < -0.3 is 4.90 Å². The highest BCUT2D eigenvalue weighted by atomic mass is 35.5. The maximum absolute atomic E-state index is 6.04. The number of anilines is 1. The summed E-state index contributed by atoms with van der Waals surface area (Å²) in [5.41, 5.74) is 2.00. The van der Waals surface area contributed by atoms with Crippen LogP contribution in [0.5, 0.6) is 0 Å². The van der Waals surface area contributed by atoms with E-state index in [2.05, 4.69) is 32.8 Å². The highest BCUT2D eigenvalue weighted by molar-refractivity contribution is 7.99. The van der Waals surface area contributed by atoms with Gasteiger partial charge in [-0.2, -0.15) is 16.9 Å². The van der Waals surface area contributed by atoms with E-state index in [1.165, 1.54) is 30.8 Å². The number of hydrogen-bond acceptors (Lipinski definition) is 4. The molecule has 2 aromatic heterocycles. The second-order valence-corrected chi connectivity index (χ2v) is 8.25. The number of aryl methyl sites for hydroxylation is 1. The molecule has 2 fully saturated rings. The van der Waals surface area contributed by atoms with Gasteiger partial charge in [-0.15, -0.1) is 0 Å². The Morgan fingerprint density at radius 1 is 1.30 bits per heavy atom. The molecule has 122 valence electrons. The van der Waals surface area contributed by atoms with Crippen LogP contribution in [0.4, 0.5) is 5.82 Å². The number of rotatable bonds is 5. The summed E-state index contributed by atoms with van der Waals surface area (Å²) in [6.07, 6.45) is 5.88. The summed E-state index contributed by atoms with van der Waals surface area (Å²) >= 11 is 8.21. The first-order valence-corrected chi connectivity index (χ1v) is 9.67. The molecule has 6 heteroatoms. The molecular weight excluding hydrogens is 328 g/mol. The summed E-state index contributed by atoms with van der Waals surface area (Å²) < 4.78 is 2.00. The minimum absolute atomic E-state index is 0.501. The van der Waals surface area contributed by atoms with Gasteiger partial charge >= 0.3 is 0 Å². The Hall–Kier alpha value is -1.20. The summed E-state index contributed by atoms with van der Waals surface area (Å²) in [6, 6.07) is 5.99. The standard InChI is InChI=1S/C17H21ClN4S/c1-12-8-17(22(20-12)14-4-6-19-16(18)9-14)21-7-5-15(10-21)23-11-13-2-3-13/h4,6,8-9,13,15H,2-3,5,7,10-11H2,1H3. The number of hydrogen-bond donors (Lipinski definition) is 0. The first kappa shape index (κ1) is 15.3. The smallest absolute Gasteiger partial charge is 0.132 e. The van der Waals surface area contributed by atoms with Gasteiger partial charge in [-0.25, -0.2) is 9.67 Å². The van der Waals surface area contributed by atoms with Crippen LogP contribution in [-0.4, -0.2) is 38.9 Å². The molecule has 0 N–H and O–H groups in total. The molecule has 1 aliphatic heterocycles. The summed E-state index contributed by atoms with van der Waals surface area (Å²) in [5, 5.41) is 5.91. The van der Waals surface area contributed by atoms with E-state index in [0.717, 1.165) is 35.6 Å². The average molecular weight is 349 g/mol. The third-order valence-electron chi connectivity index (χ3n) is 4.50. The van der Waals surface area contributed by atoms with Crippen LogP contribution < -0.4 is 4.90 Å². The molecule has 0 spiro atoms. The summed E-state index contributed by atoms with van der Waals surface area (Å²) in [4.78, 5) is 6.52. The number of nitrogens with zero attached hydrogens (tertiary/aromatic N) is 4. The van der Waals surface area contributed by atoms with E-state index in [1.807, 2.05) is 23.7 Å². The molecular formula is C17H21ClN4S. The summed E-state index contributed by atoms with van der Waals surface area (Å²) in [6.45, 7) is 4.26. The van der Waals surface area contributed by atoms with E-state index in [9.17, 15) is 0 Å². The van der Waals surface area contributed by atoms with Gasteiger partial charge in [0, 0.05) is 36.7 Å². The van der Waals surface area contributed by atoms with Crippen LogP contribution >= 0.6 is 23.4 Å². The third-order valence-corrected chi connectivity index (χ3v) is 6.23. The molecule has 0 aromatic carbocycles. The van der Waals surface area contributed by atoms with Crippen LogP contribution in [0.3, 0.4) is 0 Å². The van der Waals surface area contributed by atoms with Crippen LogP contribution in [0.15, 0.2) is 24.4 Å². The minimum Gasteiger partial charge on any atom is -0.355 e. The van der Waals surface area contributed by atoms with Gasteiger partial charge in [0.2, 0.25) is 0 Å². The predicted molar refractivity (Wildman–Crippen MR) is 96.9 cm³/mol. The highest BCUT2D eigenvalue weighted by Gasteiger charge is 2.29. The van der Waals surface area contributed by atoms with Crippen LogP contribution in [-0.2, 0) is 0 Å². The predicted octanol–water partition coefficient (Wildman–Crippen LogP) is 3.95. The zero-order valence-electron chi connectivity index (χ0n) is 13.3.